The van der Waals surface area contributed by atoms with Gasteiger partial charge in [0.2, 0.25) is 0 Å². The van der Waals surface area contributed by atoms with Crippen molar-refractivity contribution in [3.63, 3.8) is 0 Å². The van der Waals surface area contributed by atoms with E-state index in [1.54, 1.807) is 6.07 Å². The number of hydrogen-bond donors (Lipinski definition) is 2. The van der Waals surface area contributed by atoms with Crippen LogP contribution < -0.4 is 5.32 Å². The van der Waals surface area contributed by atoms with E-state index >= 15 is 0 Å². The van der Waals surface area contributed by atoms with Crippen molar-refractivity contribution in [1.29, 1.82) is 0 Å². The lowest BCUT2D eigenvalue weighted by Crippen LogP contribution is -2.40. The van der Waals surface area contributed by atoms with E-state index < -0.39 is 22.0 Å². The molecule has 1 aromatic rings. The first-order valence-corrected chi connectivity index (χ1v) is 7.98. The van der Waals surface area contributed by atoms with Crippen LogP contribution in [0, 0.1) is 0 Å². The van der Waals surface area contributed by atoms with Gasteiger partial charge in [0.1, 0.15) is 0 Å². The van der Waals surface area contributed by atoms with E-state index in [9.17, 15) is 13.5 Å². The lowest BCUT2D eigenvalue weighted by Gasteiger charge is -2.22. The Kier molecular flexibility index (Phi) is 3.96. The number of nitrogens with one attached hydrogen (secondary N) is 1. The van der Waals surface area contributed by atoms with Gasteiger partial charge in [-0.1, -0.05) is 29.8 Å². The zero-order chi connectivity index (χ0) is 13.3. The topological polar surface area (TPSA) is 66.4 Å². The van der Waals surface area contributed by atoms with Crippen molar-refractivity contribution in [2.75, 3.05) is 11.5 Å². The molecular formula is C12H16ClNO3S. The van der Waals surface area contributed by atoms with E-state index in [-0.39, 0.29) is 17.5 Å². The molecule has 2 rings (SSSR count). The molecule has 1 aromatic carbocycles. The van der Waals surface area contributed by atoms with Crippen LogP contribution in [0.15, 0.2) is 24.3 Å². The summed E-state index contributed by atoms with van der Waals surface area (Å²) in [5, 5.41) is 13.5. The molecule has 0 aromatic heterocycles. The van der Waals surface area contributed by atoms with Gasteiger partial charge in [-0.2, -0.15) is 0 Å². The van der Waals surface area contributed by atoms with Crippen LogP contribution in [0.5, 0.6) is 0 Å². The van der Waals surface area contributed by atoms with Gasteiger partial charge < -0.3 is 10.4 Å². The highest BCUT2D eigenvalue weighted by Gasteiger charge is 2.37. The Balaban J connectivity index is 2.09. The SMILES string of the molecule is C[C@H](NC1CS(=O)(=O)CC1O)c1ccccc1Cl. The number of aliphatic hydroxyl groups excluding tert-OH is 1. The maximum absolute atomic E-state index is 11.4. The molecule has 2 N–H and O–H groups in total. The van der Waals surface area contributed by atoms with Crippen LogP contribution in [-0.2, 0) is 9.84 Å². The third-order valence-corrected chi connectivity index (χ3v) is 5.22. The molecule has 1 aliphatic heterocycles. The Morgan fingerprint density at radius 2 is 2.06 bits per heavy atom. The highest BCUT2D eigenvalue weighted by Crippen LogP contribution is 2.24. The first-order valence-electron chi connectivity index (χ1n) is 5.78. The van der Waals surface area contributed by atoms with Gasteiger partial charge >= 0.3 is 0 Å². The molecular weight excluding hydrogens is 274 g/mol. The van der Waals surface area contributed by atoms with Gasteiger partial charge in [-0.25, -0.2) is 8.42 Å². The normalized spacial score (nSPS) is 28.2. The molecule has 0 radical (unpaired) electrons. The minimum atomic E-state index is -3.13. The maximum Gasteiger partial charge on any atom is 0.154 e. The second-order valence-electron chi connectivity index (χ2n) is 4.66. The summed E-state index contributed by atoms with van der Waals surface area (Å²) in [6.45, 7) is 1.90. The van der Waals surface area contributed by atoms with E-state index in [4.69, 9.17) is 11.6 Å². The summed E-state index contributed by atoms with van der Waals surface area (Å²) in [5.41, 5.74) is 0.899. The third kappa shape index (κ3) is 3.03. The molecule has 0 aliphatic carbocycles. The summed E-state index contributed by atoms with van der Waals surface area (Å²) >= 11 is 6.08. The average molecular weight is 290 g/mol. The molecule has 1 fully saturated rings. The van der Waals surface area contributed by atoms with Gasteiger partial charge in [0, 0.05) is 17.1 Å². The second kappa shape index (κ2) is 5.17. The molecule has 1 heterocycles. The molecule has 0 amide bonds. The molecule has 18 heavy (non-hydrogen) atoms. The fraction of sp³-hybridized carbons (Fsp3) is 0.500. The number of hydrogen-bond acceptors (Lipinski definition) is 4. The second-order valence-corrected chi connectivity index (χ2v) is 7.22. The van der Waals surface area contributed by atoms with Gasteiger partial charge in [-0.15, -0.1) is 0 Å². The van der Waals surface area contributed by atoms with E-state index in [2.05, 4.69) is 5.32 Å². The summed E-state index contributed by atoms with van der Waals surface area (Å²) in [5.74, 6) is -0.192. The quantitative estimate of drug-likeness (QED) is 0.876. The highest BCUT2D eigenvalue weighted by molar-refractivity contribution is 7.91. The van der Waals surface area contributed by atoms with Crippen LogP contribution in [0.1, 0.15) is 18.5 Å². The molecule has 0 saturated carbocycles. The predicted octanol–water partition coefficient (Wildman–Crippen LogP) is 1.15. The summed E-state index contributed by atoms with van der Waals surface area (Å²) in [6.07, 6.45) is -0.847. The van der Waals surface area contributed by atoms with Gasteiger partial charge in [0.15, 0.2) is 9.84 Å². The Labute approximate surface area is 112 Å². The number of benzene rings is 1. The lowest BCUT2D eigenvalue weighted by molar-refractivity contribution is 0.160. The molecule has 6 heteroatoms. The molecule has 4 nitrogen and oxygen atoms in total. The fourth-order valence-corrected chi connectivity index (χ4v) is 4.28. The van der Waals surface area contributed by atoms with Crippen LogP contribution in [-0.4, -0.2) is 37.2 Å². The highest BCUT2D eigenvalue weighted by atomic mass is 35.5. The van der Waals surface area contributed by atoms with Gasteiger partial charge in [-0.3, -0.25) is 0 Å². The molecule has 0 spiro atoms. The summed E-state index contributed by atoms with van der Waals surface area (Å²) in [6, 6.07) is 6.86. The van der Waals surface area contributed by atoms with Crippen molar-refractivity contribution < 1.29 is 13.5 Å². The Morgan fingerprint density at radius 1 is 1.39 bits per heavy atom. The van der Waals surface area contributed by atoms with Crippen molar-refractivity contribution in [2.24, 2.45) is 0 Å². The number of sulfone groups is 1. The largest absolute Gasteiger partial charge is 0.390 e. The van der Waals surface area contributed by atoms with E-state index in [1.165, 1.54) is 0 Å². The van der Waals surface area contributed by atoms with E-state index in [1.807, 2.05) is 25.1 Å². The minimum absolute atomic E-state index is 0.0248. The molecule has 0 bridgehead atoms. The van der Waals surface area contributed by atoms with Crippen LogP contribution in [0.25, 0.3) is 0 Å². The van der Waals surface area contributed by atoms with E-state index in [0.717, 1.165) is 5.56 Å². The minimum Gasteiger partial charge on any atom is -0.390 e. The van der Waals surface area contributed by atoms with Crippen molar-refractivity contribution in [1.82, 2.24) is 5.32 Å². The number of aliphatic hydroxyl groups is 1. The standard InChI is InChI=1S/C12H16ClNO3S/c1-8(9-4-2-3-5-10(9)13)14-11-6-18(16,17)7-12(11)15/h2-5,8,11-12,14-15H,6-7H2,1H3/t8-,11?,12?/m0/s1. The Morgan fingerprint density at radius 3 is 2.61 bits per heavy atom. The number of rotatable bonds is 3. The first kappa shape index (κ1) is 13.8. The summed E-state index contributed by atoms with van der Waals surface area (Å²) in [7, 11) is -3.13. The first-order chi connectivity index (χ1) is 8.39. The predicted molar refractivity (Wildman–Crippen MR) is 71.5 cm³/mol. The molecule has 1 aliphatic rings. The smallest absolute Gasteiger partial charge is 0.154 e. The van der Waals surface area contributed by atoms with Gasteiger partial charge in [0.25, 0.3) is 0 Å². The van der Waals surface area contributed by atoms with Crippen molar-refractivity contribution in [2.45, 2.75) is 25.1 Å². The summed E-state index contributed by atoms with van der Waals surface area (Å²) < 4.78 is 22.8. The maximum atomic E-state index is 11.4. The van der Waals surface area contributed by atoms with Gasteiger partial charge in [-0.05, 0) is 18.6 Å². The molecule has 2 unspecified atom stereocenters. The average Bonchev–Trinajstić information content (AvgIpc) is 2.52. The Hall–Kier alpha value is -0.620. The lowest BCUT2D eigenvalue weighted by atomic mass is 10.1. The molecule has 1 saturated heterocycles. The summed E-state index contributed by atoms with van der Waals surface area (Å²) in [4.78, 5) is 0. The zero-order valence-electron chi connectivity index (χ0n) is 10.0. The van der Waals surface area contributed by atoms with Crippen LogP contribution in [0.2, 0.25) is 5.02 Å². The third-order valence-electron chi connectivity index (χ3n) is 3.16. The van der Waals surface area contributed by atoms with Crippen LogP contribution in [0.3, 0.4) is 0 Å². The zero-order valence-corrected chi connectivity index (χ0v) is 11.6. The Bertz CT molecular complexity index is 532. The van der Waals surface area contributed by atoms with Crippen molar-refractivity contribution in [3.05, 3.63) is 34.9 Å². The fourth-order valence-electron chi connectivity index (χ4n) is 2.23. The van der Waals surface area contributed by atoms with Crippen LogP contribution >= 0.6 is 11.6 Å². The van der Waals surface area contributed by atoms with Gasteiger partial charge in [0.05, 0.1) is 17.6 Å². The molecule has 100 valence electrons. The molecule has 3 atom stereocenters. The van der Waals surface area contributed by atoms with E-state index in [0.29, 0.717) is 5.02 Å². The van der Waals surface area contributed by atoms with Crippen LogP contribution in [0.4, 0.5) is 0 Å². The van der Waals surface area contributed by atoms with Crippen molar-refractivity contribution >= 4 is 21.4 Å². The monoisotopic (exact) mass is 289 g/mol. The number of halogens is 1. The van der Waals surface area contributed by atoms with Crippen molar-refractivity contribution in [3.8, 4) is 0 Å².